The average Bonchev–Trinajstić information content (AvgIpc) is 3.07. The smallest absolute Gasteiger partial charge is 0.319 e. The molecule has 27 heavy (non-hydrogen) atoms. The Kier molecular flexibility index (Phi) is 4.53. The molecule has 1 aromatic carbocycles. The highest BCUT2D eigenvalue weighted by Crippen LogP contribution is 2.25. The number of rotatable bonds is 2. The number of piperazine rings is 1. The lowest BCUT2D eigenvalue weighted by molar-refractivity contribution is 0.125. The number of nitrogens with one attached hydrogen (secondary N) is 1. The molecule has 1 aliphatic heterocycles. The van der Waals surface area contributed by atoms with Crippen molar-refractivity contribution in [2.24, 2.45) is 7.05 Å². The summed E-state index contributed by atoms with van der Waals surface area (Å²) in [6, 6.07) is 8.22. The van der Waals surface area contributed by atoms with Crippen LogP contribution in [0, 0.1) is 0 Å². The molecule has 7 nitrogen and oxygen atoms in total. The Balaban J connectivity index is 1.56. The van der Waals surface area contributed by atoms with E-state index in [0.29, 0.717) is 5.82 Å². The quantitative estimate of drug-likeness (QED) is 0.759. The topological polar surface area (TPSA) is 66.3 Å². The lowest BCUT2D eigenvalue weighted by atomic mass is 10.1. The van der Waals surface area contributed by atoms with Crippen molar-refractivity contribution in [1.82, 2.24) is 24.6 Å². The van der Waals surface area contributed by atoms with E-state index in [9.17, 15) is 4.79 Å². The van der Waals surface area contributed by atoms with E-state index in [1.165, 1.54) is 0 Å². The normalized spacial score (nSPS) is 18.0. The van der Waals surface area contributed by atoms with Crippen molar-refractivity contribution in [3.8, 4) is 11.1 Å². The summed E-state index contributed by atoms with van der Waals surface area (Å²) in [5, 5.41) is 9.26. The first kappa shape index (κ1) is 17.5. The second-order valence-corrected chi connectivity index (χ2v) is 7.27. The number of likely N-dealkylation sites (N-methyl/N-ethyl adjacent to an activating group) is 1. The summed E-state index contributed by atoms with van der Waals surface area (Å²) in [4.78, 5) is 21.2. The molecule has 1 fully saturated rings. The van der Waals surface area contributed by atoms with Gasteiger partial charge in [0.25, 0.3) is 0 Å². The molecule has 2 aromatic heterocycles. The second kappa shape index (κ2) is 7.00. The summed E-state index contributed by atoms with van der Waals surface area (Å²) < 4.78 is 1.79. The van der Waals surface area contributed by atoms with Gasteiger partial charge in [0.05, 0.1) is 6.20 Å². The van der Waals surface area contributed by atoms with E-state index in [0.717, 1.165) is 41.5 Å². The van der Waals surface area contributed by atoms with E-state index in [-0.39, 0.29) is 12.1 Å². The molecule has 2 amide bonds. The predicted octanol–water partition coefficient (Wildman–Crippen LogP) is 2.80. The highest BCUT2D eigenvalue weighted by atomic mass is 16.2. The Hall–Kier alpha value is -2.93. The second-order valence-electron chi connectivity index (χ2n) is 7.27. The fourth-order valence-corrected chi connectivity index (χ4v) is 3.58. The van der Waals surface area contributed by atoms with Gasteiger partial charge in [-0.15, -0.1) is 0 Å². The van der Waals surface area contributed by atoms with Crippen molar-refractivity contribution in [1.29, 1.82) is 0 Å². The first-order valence-corrected chi connectivity index (χ1v) is 9.14. The molecule has 140 valence electrons. The summed E-state index contributed by atoms with van der Waals surface area (Å²) in [6.45, 7) is 4.57. The van der Waals surface area contributed by atoms with Crippen LogP contribution in [-0.4, -0.2) is 63.3 Å². The molecule has 0 radical (unpaired) electrons. The Morgan fingerprint density at radius 1 is 1.11 bits per heavy atom. The molecule has 0 unspecified atom stereocenters. The number of carbonyl (C=O) groups is 1. The largest absolute Gasteiger partial charge is 0.323 e. The van der Waals surface area contributed by atoms with E-state index >= 15 is 0 Å². The van der Waals surface area contributed by atoms with Gasteiger partial charge >= 0.3 is 6.03 Å². The maximum atomic E-state index is 12.7. The van der Waals surface area contributed by atoms with Crippen molar-refractivity contribution in [3.63, 3.8) is 0 Å². The van der Waals surface area contributed by atoms with Crippen molar-refractivity contribution in [2.45, 2.75) is 13.0 Å². The molecular formula is C20H24N6O. The van der Waals surface area contributed by atoms with E-state index in [1.54, 1.807) is 10.9 Å². The van der Waals surface area contributed by atoms with E-state index in [4.69, 9.17) is 0 Å². The molecule has 0 saturated carbocycles. The van der Waals surface area contributed by atoms with Crippen LogP contribution in [0.5, 0.6) is 0 Å². The SMILES string of the molecule is C[C@H]1CN(C)CCN1C(=O)Nc1cc2cc(-c3cnn(C)c3)ccc2cn1. The first-order chi connectivity index (χ1) is 13.0. The molecular weight excluding hydrogens is 340 g/mol. The maximum Gasteiger partial charge on any atom is 0.323 e. The number of benzene rings is 1. The summed E-state index contributed by atoms with van der Waals surface area (Å²) in [5.41, 5.74) is 2.15. The third kappa shape index (κ3) is 3.64. The van der Waals surface area contributed by atoms with Crippen LogP contribution in [0.25, 0.3) is 21.9 Å². The van der Waals surface area contributed by atoms with Crippen LogP contribution in [0.3, 0.4) is 0 Å². The number of amides is 2. The zero-order chi connectivity index (χ0) is 19.0. The maximum absolute atomic E-state index is 12.7. The summed E-state index contributed by atoms with van der Waals surface area (Å²) in [7, 11) is 3.98. The van der Waals surface area contributed by atoms with E-state index < -0.39 is 0 Å². The Morgan fingerprint density at radius 3 is 2.70 bits per heavy atom. The molecule has 1 saturated heterocycles. The van der Waals surface area contributed by atoms with Gasteiger partial charge in [-0.3, -0.25) is 10.00 Å². The number of nitrogens with zero attached hydrogens (tertiary/aromatic N) is 5. The lowest BCUT2D eigenvalue weighted by Gasteiger charge is -2.37. The Labute approximate surface area is 158 Å². The summed E-state index contributed by atoms with van der Waals surface area (Å²) in [5.74, 6) is 0.571. The number of urea groups is 1. The minimum Gasteiger partial charge on any atom is -0.319 e. The Morgan fingerprint density at radius 2 is 1.96 bits per heavy atom. The van der Waals surface area contributed by atoms with Crippen LogP contribution >= 0.6 is 0 Å². The van der Waals surface area contributed by atoms with E-state index in [1.807, 2.05) is 36.5 Å². The van der Waals surface area contributed by atoms with Gasteiger partial charge in [-0.1, -0.05) is 12.1 Å². The standard InChI is InChI=1S/C20H24N6O/c1-14-12-24(2)6-7-26(14)20(27)23-19-9-17-8-15(4-5-16(17)10-21-19)18-11-22-25(3)13-18/h4-5,8-11,13-14H,6-7,12H2,1-3H3,(H,21,23,27)/t14-/m0/s1. The molecule has 0 spiro atoms. The van der Waals surface area contributed by atoms with Crippen molar-refractivity contribution in [2.75, 3.05) is 32.0 Å². The highest BCUT2D eigenvalue weighted by Gasteiger charge is 2.25. The van der Waals surface area contributed by atoms with Gasteiger partial charge in [-0.05, 0) is 37.1 Å². The number of fused-ring (bicyclic) bond motifs is 1. The van der Waals surface area contributed by atoms with Crippen molar-refractivity contribution in [3.05, 3.63) is 42.9 Å². The lowest BCUT2D eigenvalue weighted by Crippen LogP contribution is -2.54. The molecule has 0 aliphatic carbocycles. The molecule has 3 heterocycles. The van der Waals surface area contributed by atoms with Gasteiger partial charge in [0.1, 0.15) is 5.82 Å². The van der Waals surface area contributed by atoms with Crippen molar-refractivity contribution >= 4 is 22.6 Å². The monoisotopic (exact) mass is 364 g/mol. The van der Waals surface area contributed by atoms with Crippen LogP contribution in [0.15, 0.2) is 42.9 Å². The fraction of sp³-hybridized carbons (Fsp3) is 0.350. The molecule has 1 N–H and O–H groups in total. The number of pyridine rings is 1. The van der Waals surface area contributed by atoms with Crippen LogP contribution in [0.2, 0.25) is 0 Å². The average molecular weight is 364 g/mol. The van der Waals surface area contributed by atoms with E-state index in [2.05, 4.69) is 46.4 Å². The van der Waals surface area contributed by atoms with Gasteiger partial charge in [0.2, 0.25) is 0 Å². The molecule has 7 heteroatoms. The summed E-state index contributed by atoms with van der Waals surface area (Å²) >= 11 is 0. The van der Waals surface area contributed by atoms with Gasteiger partial charge in [-0.2, -0.15) is 5.10 Å². The summed E-state index contributed by atoms with van der Waals surface area (Å²) in [6.07, 6.45) is 5.63. The van der Waals surface area contributed by atoms with Gasteiger partial charge in [0.15, 0.2) is 0 Å². The number of carbonyl (C=O) groups excluding carboxylic acids is 1. The van der Waals surface area contributed by atoms with Crippen LogP contribution in [0.4, 0.5) is 10.6 Å². The predicted molar refractivity (Wildman–Crippen MR) is 107 cm³/mol. The molecule has 1 atom stereocenters. The zero-order valence-electron chi connectivity index (χ0n) is 15.9. The fourth-order valence-electron chi connectivity index (χ4n) is 3.58. The molecule has 1 aliphatic rings. The number of aromatic nitrogens is 3. The Bertz CT molecular complexity index is 982. The third-order valence-electron chi connectivity index (χ3n) is 5.09. The molecule has 3 aromatic rings. The first-order valence-electron chi connectivity index (χ1n) is 9.14. The molecule has 4 rings (SSSR count). The minimum absolute atomic E-state index is 0.0918. The third-order valence-corrected chi connectivity index (χ3v) is 5.09. The van der Waals surface area contributed by atoms with Gasteiger partial charge in [0, 0.05) is 56.1 Å². The number of hydrogen-bond acceptors (Lipinski definition) is 4. The number of aryl methyl sites for hydroxylation is 1. The zero-order valence-corrected chi connectivity index (χ0v) is 15.9. The van der Waals surface area contributed by atoms with Crippen LogP contribution in [0.1, 0.15) is 6.92 Å². The van der Waals surface area contributed by atoms with Gasteiger partial charge < -0.3 is 9.80 Å². The number of anilines is 1. The highest BCUT2D eigenvalue weighted by molar-refractivity contribution is 5.93. The van der Waals surface area contributed by atoms with Crippen molar-refractivity contribution < 1.29 is 4.79 Å². The van der Waals surface area contributed by atoms with Crippen LogP contribution < -0.4 is 5.32 Å². The van der Waals surface area contributed by atoms with Gasteiger partial charge in [-0.25, -0.2) is 9.78 Å². The molecule has 0 bridgehead atoms. The number of hydrogen-bond donors (Lipinski definition) is 1. The minimum atomic E-state index is -0.0918. The van der Waals surface area contributed by atoms with Crippen LogP contribution in [-0.2, 0) is 7.05 Å².